The predicted molar refractivity (Wildman–Crippen MR) is 50.1 cm³/mol. The molecule has 2 nitrogen and oxygen atoms in total. The van der Waals surface area contributed by atoms with Crippen LogP contribution in [0.2, 0.25) is 0 Å². The van der Waals surface area contributed by atoms with Gasteiger partial charge in [-0.1, -0.05) is 18.2 Å². The standard InChI is InChI=1S/C10H14N2/c1-2-4-9(5-3-1)12-10-6-7-11-8-10/h1-5,10-12H,6-8H2/p+1/t10-/m0/s1. The molecule has 2 heteroatoms. The molecule has 1 fully saturated rings. The molecule has 1 aromatic carbocycles. The highest BCUT2D eigenvalue weighted by molar-refractivity contribution is 5.43. The third-order valence-electron chi connectivity index (χ3n) is 2.32. The van der Waals surface area contributed by atoms with Crippen molar-refractivity contribution < 1.29 is 5.32 Å². The van der Waals surface area contributed by atoms with Crippen molar-refractivity contribution in [3.63, 3.8) is 0 Å². The van der Waals surface area contributed by atoms with Crippen LogP contribution in [-0.4, -0.2) is 19.1 Å². The van der Waals surface area contributed by atoms with Crippen molar-refractivity contribution in [1.29, 1.82) is 0 Å². The lowest BCUT2D eigenvalue weighted by Gasteiger charge is -2.09. The van der Waals surface area contributed by atoms with E-state index in [1.165, 1.54) is 25.2 Å². The number of para-hydroxylation sites is 1. The number of nitrogens with one attached hydrogen (secondary N) is 1. The maximum atomic E-state index is 3.51. The summed E-state index contributed by atoms with van der Waals surface area (Å²) in [6.45, 7) is 2.49. The van der Waals surface area contributed by atoms with Gasteiger partial charge in [0.2, 0.25) is 0 Å². The van der Waals surface area contributed by atoms with Crippen molar-refractivity contribution >= 4 is 5.69 Å². The summed E-state index contributed by atoms with van der Waals surface area (Å²) < 4.78 is 0. The Bertz CT molecular complexity index is 227. The zero-order chi connectivity index (χ0) is 8.23. The molecule has 3 N–H and O–H groups in total. The van der Waals surface area contributed by atoms with E-state index in [-0.39, 0.29) is 0 Å². The second-order valence-corrected chi connectivity index (χ2v) is 3.31. The van der Waals surface area contributed by atoms with E-state index in [1.807, 2.05) is 6.07 Å². The molecular formula is C10H15N2+. The summed E-state index contributed by atoms with van der Waals surface area (Å²) in [5.41, 5.74) is 1.25. The van der Waals surface area contributed by atoms with Gasteiger partial charge >= 0.3 is 0 Å². The van der Waals surface area contributed by atoms with Gasteiger partial charge in [0.15, 0.2) is 0 Å². The van der Waals surface area contributed by atoms with Crippen LogP contribution in [0.15, 0.2) is 30.3 Å². The van der Waals surface area contributed by atoms with E-state index in [9.17, 15) is 0 Å². The molecule has 0 spiro atoms. The molecule has 0 bridgehead atoms. The van der Waals surface area contributed by atoms with Crippen LogP contribution in [0.3, 0.4) is 0 Å². The molecule has 64 valence electrons. The fourth-order valence-corrected chi connectivity index (χ4v) is 1.66. The molecule has 0 saturated carbocycles. The van der Waals surface area contributed by atoms with Gasteiger partial charge in [0.05, 0.1) is 19.1 Å². The minimum absolute atomic E-state index is 0.674. The SMILES string of the molecule is c1ccc(N[C@H]2CC[NH2+]C2)cc1. The molecule has 1 aliphatic rings. The summed E-state index contributed by atoms with van der Waals surface area (Å²) in [5, 5.41) is 5.87. The van der Waals surface area contributed by atoms with Gasteiger partial charge in [0.1, 0.15) is 0 Å². The lowest BCUT2D eigenvalue weighted by Crippen LogP contribution is -2.81. The average molecular weight is 163 g/mol. The number of benzene rings is 1. The monoisotopic (exact) mass is 163 g/mol. The van der Waals surface area contributed by atoms with E-state index < -0.39 is 0 Å². The molecule has 0 aliphatic carbocycles. The molecule has 1 heterocycles. The fraction of sp³-hybridized carbons (Fsp3) is 0.400. The van der Waals surface area contributed by atoms with Gasteiger partial charge in [0.25, 0.3) is 0 Å². The molecule has 0 amide bonds. The van der Waals surface area contributed by atoms with Crippen LogP contribution < -0.4 is 10.6 Å². The lowest BCUT2D eigenvalue weighted by atomic mass is 10.2. The Morgan fingerprint density at radius 1 is 1.25 bits per heavy atom. The first-order valence-electron chi connectivity index (χ1n) is 4.58. The Balaban J connectivity index is 1.94. The number of hydrogen-bond donors (Lipinski definition) is 2. The summed E-state index contributed by atoms with van der Waals surface area (Å²) >= 11 is 0. The molecule has 12 heavy (non-hydrogen) atoms. The number of hydrogen-bond acceptors (Lipinski definition) is 1. The molecule has 0 radical (unpaired) electrons. The molecule has 1 saturated heterocycles. The molecule has 1 aliphatic heterocycles. The van der Waals surface area contributed by atoms with E-state index in [1.54, 1.807) is 0 Å². The van der Waals surface area contributed by atoms with Crippen LogP contribution in [0.25, 0.3) is 0 Å². The van der Waals surface area contributed by atoms with Gasteiger partial charge in [-0.2, -0.15) is 0 Å². The Kier molecular flexibility index (Phi) is 2.28. The van der Waals surface area contributed by atoms with Crippen LogP contribution in [0.4, 0.5) is 5.69 Å². The molecule has 0 unspecified atom stereocenters. The maximum absolute atomic E-state index is 3.51. The van der Waals surface area contributed by atoms with Gasteiger partial charge in [-0.15, -0.1) is 0 Å². The van der Waals surface area contributed by atoms with E-state index >= 15 is 0 Å². The second-order valence-electron chi connectivity index (χ2n) is 3.31. The number of nitrogens with two attached hydrogens (primary N) is 1. The number of rotatable bonds is 2. The fourth-order valence-electron chi connectivity index (χ4n) is 1.66. The van der Waals surface area contributed by atoms with E-state index in [0.717, 1.165) is 0 Å². The second kappa shape index (κ2) is 3.59. The first kappa shape index (κ1) is 7.62. The summed E-state index contributed by atoms with van der Waals surface area (Å²) in [7, 11) is 0. The van der Waals surface area contributed by atoms with Crippen molar-refractivity contribution in [2.24, 2.45) is 0 Å². The highest BCUT2D eigenvalue weighted by Crippen LogP contribution is 2.08. The third kappa shape index (κ3) is 1.77. The molecule has 1 atom stereocenters. The summed E-state index contributed by atoms with van der Waals surface area (Å²) in [4.78, 5) is 0. The van der Waals surface area contributed by atoms with Crippen molar-refractivity contribution in [1.82, 2.24) is 0 Å². The van der Waals surface area contributed by atoms with E-state index in [0.29, 0.717) is 6.04 Å². The van der Waals surface area contributed by atoms with Crippen LogP contribution in [0.1, 0.15) is 6.42 Å². The third-order valence-corrected chi connectivity index (χ3v) is 2.32. The first-order valence-corrected chi connectivity index (χ1v) is 4.58. The Morgan fingerprint density at radius 2 is 2.08 bits per heavy atom. The highest BCUT2D eigenvalue weighted by atomic mass is 15.0. The Labute approximate surface area is 73.0 Å². The Hall–Kier alpha value is -1.02. The molecule has 0 aromatic heterocycles. The molecular weight excluding hydrogens is 148 g/mol. The van der Waals surface area contributed by atoms with Gasteiger partial charge < -0.3 is 10.6 Å². The van der Waals surface area contributed by atoms with Crippen LogP contribution >= 0.6 is 0 Å². The zero-order valence-electron chi connectivity index (χ0n) is 7.16. The van der Waals surface area contributed by atoms with Crippen LogP contribution in [0.5, 0.6) is 0 Å². The van der Waals surface area contributed by atoms with E-state index in [2.05, 4.69) is 34.9 Å². The van der Waals surface area contributed by atoms with Gasteiger partial charge in [-0.05, 0) is 12.1 Å². The van der Waals surface area contributed by atoms with Crippen LogP contribution in [0, 0.1) is 0 Å². The van der Waals surface area contributed by atoms with Crippen molar-refractivity contribution in [2.75, 3.05) is 18.4 Å². The normalized spacial score (nSPS) is 22.5. The summed E-state index contributed by atoms with van der Waals surface area (Å²) in [6.07, 6.45) is 1.29. The van der Waals surface area contributed by atoms with Crippen molar-refractivity contribution in [3.05, 3.63) is 30.3 Å². The summed E-state index contributed by atoms with van der Waals surface area (Å²) in [5.74, 6) is 0. The largest absolute Gasteiger partial charge is 0.377 e. The van der Waals surface area contributed by atoms with Gasteiger partial charge in [0, 0.05) is 12.1 Å². The number of quaternary nitrogens is 1. The zero-order valence-corrected chi connectivity index (χ0v) is 7.16. The molecule has 1 aromatic rings. The quantitative estimate of drug-likeness (QED) is 0.650. The minimum Gasteiger partial charge on any atom is -0.377 e. The topological polar surface area (TPSA) is 28.6 Å². The maximum Gasteiger partial charge on any atom is 0.0962 e. The van der Waals surface area contributed by atoms with Crippen molar-refractivity contribution in [2.45, 2.75) is 12.5 Å². The van der Waals surface area contributed by atoms with Crippen molar-refractivity contribution in [3.8, 4) is 0 Å². The van der Waals surface area contributed by atoms with Gasteiger partial charge in [-0.3, -0.25) is 0 Å². The summed E-state index contributed by atoms with van der Waals surface area (Å²) in [6, 6.07) is 11.1. The molecule has 2 rings (SSSR count). The Morgan fingerprint density at radius 3 is 2.75 bits per heavy atom. The minimum atomic E-state index is 0.674. The smallest absolute Gasteiger partial charge is 0.0962 e. The van der Waals surface area contributed by atoms with Crippen LogP contribution in [-0.2, 0) is 0 Å². The highest BCUT2D eigenvalue weighted by Gasteiger charge is 2.16. The van der Waals surface area contributed by atoms with Gasteiger partial charge in [-0.25, -0.2) is 0 Å². The average Bonchev–Trinajstić information content (AvgIpc) is 2.59. The predicted octanol–water partition coefficient (Wildman–Crippen LogP) is 0.434. The first-order chi connectivity index (χ1) is 5.95. The van der Waals surface area contributed by atoms with E-state index in [4.69, 9.17) is 0 Å². The number of anilines is 1. The lowest BCUT2D eigenvalue weighted by molar-refractivity contribution is -0.636.